The Labute approximate surface area is 157 Å². The van der Waals surface area contributed by atoms with Crippen molar-refractivity contribution in [3.63, 3.8) is 0 Å². The highest BCUT2D eigenvalue weighted by Gasteiger charge is 2.15. The maximum absolute atomic E-state index is 12.4. The van der Waals surface area contributed by atoms with Gasteiger partial charge in [-0.2, -0.15) is 0 Å². The molecule has 1 aromatic carbocycles. The summed E-state index contributed by atoms with van der Waals surface area (Å²) >= 11 is 3.19. The van der Waals surface area contributed by atoms with Crippen LogP contribution in [0.25, 0.3) is 16.9 Å². The van der Waals surface area contributed by atoms with Gasteiger partial charge in [-0.25, -0.2) is 4.98 Å². The lowest BCUT2D eigenvalue weighted by Gasteiger charge is -2.10. The number of rotatable bonds is 4. The number of fused-ring (bicyclic) bond motifs is 1. The third-order valence-corrected chi connectivity index (χ3v) is 4.33. The van der Waals surface area contributed by atoms with Gasteiger partial charge in [0.2, 0.25) is 0 Å². The number of aromatic nitrogens is 2. The minimum absolute atomic E-state index is 0.206. The zero-order valence-corrected chi connectivity index (χ0v) is 15.4. The molecule has 0 spiro atoms. The summed E-state index contributed by atoms with van der Waals surface area (Å²) in [4.78, 5) is 17.0. The van der Waals surface area contributed by atoms with Gasteiger partial charge in [0.25, 0.3) is 5.91 Å². The zero-order valence-electron chi connectivity index (χ0n) is 13.8. The van der Waals surface area contributed by atoms with Crippen LogP contribution in [0.15, 0.2) is 70.0 Å². The molecule has 1 amide bonds. The number of anilines is 1. The first-order valence-electron chi connectivity index (χ1n) is 7.83. The summed E-state index contributed by atoms with van der Waals surface area (Å²) < 4.78 is 13.1. The van der Waals surface area contributed by atoms with Crippen LogP contribution < -0.4 is 10.1 Å². The first kappa shape index (κ1) is 16.4. The molecule has 0 unspecified atom stereocenters. The molecular weight excluding hydrogens is 398 g/mol. The lowest BCUT2D eigenvalue weighted by atomic mass is 10.1. The Hall–Kier alpha value is -3.06. The molecule has 0 aliphatic rings. The molecule has 7 heteroatoms. The van der Waals surface area contributed by atoms with Gasteiger partial charge >= 0.3 is 0 Å². The Morgan fingerprint density at radius 2 is 2.12 bits per heavy atom. The van der Waals surface area contributed by atoms with E-state index in [1.54, 1.807) is 25.3 Å². The molecule has 0 saturated carbocycles. The third kappa shape index (κ3) is 3.09. The fourth-order valence-corrected chi connectivity index (χ4v) is 2.97. The second-order valence-corrected chi connectivity index (χ2v) is 6.35. The molecule has 26 heavy (non-hydrogen) atoms. The molecule has 4 aromatic rings. The van der Waals surface area contributed by atoms with Crippen molar-refractivity contribution in [1.29, 1.82) is 0 Å². The van der Waals surface area contributed by atoms with Crippen LogP contribution >= 0.6 is 15.9 Å². The quantitative estimate of drug-likeness (QED) is 0.531. The van der Waals surface area contributed by atoms with Crippen LogP contribution in [0.5, 0.6) is 5.75 Å². The monoisotopic (exact) mass is 411 g/mol. The van der Waals surface area contributed by atoms with Crippen molar-refractivity contribution in [1.82, 2.24) is 9.38 Å². The maximum atomic E-state index is 12.4. The van der Waals surface area contributed by atoms with Crippen LogP contribution in [0, 0.1) is 0 Å². The van der Waals surface area contributed by atoms with Gasteiger partial charge in [-0.3, -0.25) is 4.79 Å². The fourth-order valence-electron chi connectivity index (χ4n) is 2.66. The van der Waals surface area contributed by atoms with E-state index >= 15 is 0 Å². The standard InChI is InChI=1S/C19H14BrN3O3/c1-25-15-6-5-12(14-11-23-9-3-2-4-18(23)21-14)10-13(15)22-19(24)16-7-8-17(20)26-16/h2-11H,1H3,(H,22,24). The molecular formula is C19H14BrN3O3. The molecule has 0 radical (unpaired) electrons. The predicted molar refractivity (Wildman–Crippen MR) is 102 cm³/mol. The highest BCUT2D eigenvalue weighted by molar-refractivity contribution is 9.10. The zero-order chi connectivity index (χ0) is 18.1. The minimum Gasteiger partial charge on any atom is -0.495 e. The average Bonchev–Trinajstić information content (AvgIpc) is 3.27. The molecule has 0 bridgehead atoms. The molecule has 6 nitrogen and oxygen atoms in total. The van der Waals surface area contributed by atoms with Gasteiger partial charge in [0.1, 0.15) is 11.4 Å². The number of carbonyl (C=O) groups is 1. The number of carbonyl (C=O) groups excluding carboxylic acids is 1. The van der Waals surface area contributed by atoms with Crippen LogP contribution in [-0.4, -0.2) is 22.4 Å². The highest BCUT2D eigenvalue weighted by Crippen LogP contribution is 2.31. The molecule has 0 atom stereocenters. The number of furan rings is 1. The van der Waals surface area contributed by atoms with E-state index < -0.39 is 0 Å². The molecule has 3 aromatic heterocycles. The smallest absolute Gasteiger partial charge is 0.291 e. The Morgan fingerprint density at radius 3 is 2.85 bits per heavy atom. The molecule has 0 fully saturated rings. The summed E-state index contributed by atoms with van der Waals surface area (Å²) in [5, 5.41) is 2.82. The maximum Gasteiger partial charge on any atom is 0.291 e. The number of ether oxygens (including phenoxy) is 1. The minimum atomic E-state index is -0.360. The topological polar surface area (TPSA) is 68.8 Å². The van der Waals surface area contributed by atoms with E-state index in [-0.39, 0.29) is 11.7 Å². The average molecular weight is 412 g/mol. The van der Waals surface area contributed by atoms with Gasteiger partial charge in [0.05, 0.1) is 18.5 Å². The van der Waals surface area contributed by atoms with E-state index in [2.05, 4.69) is 26.2 Å². The Balaban J connectivity index is 1.69. The first-order valence-corrected chi connectivity index (χ1v) is 8.62. The molecule has 0 aliphatic heterocycles. The molecule has 1 N–H and O–H groups in total. The van der Waals surface area contributed by atoms with Gasteiger partial charge in [-0.1, -0.05) is 6.07 Å². The van der Waals surface area contributed by atoms with E-state index in [9.17, 15) is 4.79 Å². The van der Waals surface area contributed by atoms with Crippen molar-refractivity contribution in [3.8, 4) is 17.0 Å². The third-order valence-electron chi connectivity index (χ3n) is 3.90. The summed E-state index contributed by atoms with van der Waals surface area (Å²) in [6.07, 6.45) is 3.87. The Kier molecular flexibility index (Phi) is 4.22. The van der Waals surface area contributed by atoms with E-state index in [0.29, 0.717) is 16.1 Å². The first-order chi connectivity index (χ1) is 12.6. The number of nitrogens with zero attached hydrogens (tertiary/aromatic N) is 2. The summed E-state index contributed by atoms with van der Waals surface area (Å²) in [5.41, 5.74) is 3.06. The second kappa shape index (κ2) is 6.68. The van der Waals surface area contributed by atoms with Crippen molar-refractivity contribution in [3.05, 3.63) is 71.4 Å². The normalized spacial score (nSPS) is 10.8. The van der Waals surface area contributed by atoms with E-state index in [1.165, 1.54) is 0 Å². The van der Waals surface area contributed by atoms with Crippen molar-refractivity contribution in [2.75, 3.05) is 12.4 Å². The number of amides is 1. The van der Waals surface area contributed by atoms with Crippen molar-refractivity contribution in [2.45, 2.75) is 0 Å². The summed E-state index contributed by atoms with van der Waals surface area (Å²) in [7, 11) is 1.55. The van der Waals surface area contributed by atoms with Crippen molar-refractivity contribution < 1.29 is 13.9 Å². The van der Waals surface area contributed by atoms with Gasteiger partial charge in [-0.05, 0) is 58.4 Å². The summed E-state index contributed by atoms with van der Waals surface area (Å²) in [6.45, 7) is 0. The number of imidazole rings is 1. The lowest BCUT2D eigenvalue weighted by molar-refractivity contribution is 0.0995. The van der Waals surface area contributed by atoms with Gasteiger partial charge in [0.15, 0.2) is 10.4 Å². The van der Waals surface area contributed by atoms with Crippen molar-refractivity contribution in [2.24, 2.45) is 0 Å². The van der Waals surface area contributed by atoms with E-state index in [0.717, 1.165) is 16.9 Å². The van der Waals surface area contributed by atoms with Crippen LogP contribution in [0.2, 0.25) is 0 Å². The number of hydrogen-bond donors (Lipinski definition) is 1. The van der Waals surface area contributed by atoms with E-state index in [4.69, 9.17) is 9.15 Å². The van der Waals surface area contributed by atoms with Gasteiger partial charge < -0.3 is 18.9 Å². The van der Waals surface area contributed by atoms with Crippen molar-refractivity contribution >= 4 is 33.2 Å². The van der Waals surface area contributed by atoms with Crippen LogP contribution in [0.4, 0.5) is 5.69 Å². The second-order valence-electron chi connectivity index (χ2n) is 5.57. The molecule has 4 rings (SSSR count). The van der Waals surface area contributed by atoms with Crippen LogP contribution in [-0.2, 0) is 0 Å². The molecule has 0 aliphatic carbocycles. The fraction of sp³-hybridized carbons (Fsp3) is 0.0526. The molecule has 130 valence electrons. The van der Waals surface area contributed by atoms with Gasteiger partial charge in [-0.15, -0.1) is 0 Å². The number of benzene rings is 1. The number of methoxy groups -OCH3 is 1. The van der Waals surface area contributed by atoms with Crippen LogP contribution in [0.3, 0.4) is 0 Å². The number of nitrogens with one attached hydrogen (secondary N) is 1. The molecule has 3 heterocycles. The number of halogens is 1. The molecule has 0 saturated heterocycles. The van der Waals surface area contributed by atoms with Crippen LogP contribution in [0.1, 0.15) is 10.6 Å². The number of pyridine rings is 1. The number of hydrogen-bond acceptors (Lipinski definition) is 4. The lowest BCUT2D eigenvalue weighted by Crippen LogP contribution is -2.11. The predicted octanol–water partition coefficient (Wildman–Crippen LogP) is 4.62. The Bertz CT molecular complexity index is 1070. The largest absolute Gasteiger partial charge is 0.495 e. The Morgan fingerprint density at radius 1 is 1.23 bits per heavy atom. The highest BCUT2D eigenvalue weighted by atomic mass is 79.9. The van der Waals surface area contributed by atoms with E-state index in [1.807, 2.05) is 47.1 Å². The summed E-state index contributed by atoms with van der Waals surface area (Å²) in [5.74, 6) is 0.398. The SMILES string of the molecule is COc1ccc(-c2cn3ccccc3n2)cc1NC(=O)c1ccc(Br)o1. The van der Waals surface area contributed by atoms with Gasteiger partial charge in [0, 0.05) is 18.0 Å². The summed E-state index contributed by atoms with van der Waals surface area (Å²) in [6, 6.07) is 14.6.